The molecule has 0 saturated heterocycles. The fourth-order valence-electron chi connectivity index (χ4n) is 6.15. The van der Waals surface area contributed by atoms with Crippen LogP contribution in [0.5, 0.6) is 0 Å². The molecule has 3 aromatic carbocycles. The average Bonchev–Trinajstić information content (AvgIpc) is 2.91. The fourth-order valence-corrected chi connectivity index (χ4v) is 6.15. The lowest BCUT2D eigenvalue weighted by molar-refractivity contribution is -0.381. The van der Waals surface area contributed by atoms with Gasteiger partial charge in [-0.1, -0.05) is 82.0 Å². The summed E-state index contributed by atoms with van der Waals surface area (Å²) in [7, 11) is 0. The summed E-state index contributed by atoms with van der Waals surface area (Å²) in [5, 5.41) is 0. The Hall–Kier alpha value is -2.94. The summed E-state index contributed by atoms with van der Waals surface area (Å²) in [6, 6.07) is 12.0. The number of halogens is 8. The minimum Gasteiger partial charge on any atom is -0.285 e. The number of ether oxygens (including phenoxy) is 1. The molecule has 1 aliphatic rings. The standard InChI is InChI=1S/C31H30F8O/c1-3-4-15-30(40-31(37,38)39)16-9-8-12-22(30)18(2)24-26(33)28(35)25(29(36)27(24)34)21-14-13-20(17-23(21)32)19-10-6-5-7-11-19/h5-7,10-11,13-14,17-18,22H,3-4,8-9,12,15-16H2,1-2H3. The second-order valence-electron chi connectivity index (χ2n) is 10.5. The Morgan fingerprint density at radius 2 is 1.52 bits per heavy atom. The zero-order valence-electron chi connectivity index (χ0n) is 22.2. The van der Waals surface area contributed by atoms with E-state index in [9.17, 15) is 13.2 Å². The van der Waals surface area contributed by atoms with Crippen LogP contribution < -0.4 is 0 Å². The van der Waals surface area contributed by atoms with Crippen LogP contribution in [0.25, 0.3) is 22.3 Å². The minimum absolute atomic E-state index is 0.00717. The van der Waals surface area contributed by atoms with Crippen LogP contribution in [0, 0.1) is 35.0 Å². The van der Waals surface area contributed by atoms with E-state index in [2.05, 4.69) is 4.74 Å². The molecule has 0 amide bonds. The maximum atomic E-state index is 15.5. The summed E-state index contributed by atoms with van der Waals surface area (Å²) in [6.45, 7) is 3.04. The highest BCUT2D eigenvalue weighted by atomic mass is 19.4. The first-order valence-electron chi connectivity index (χ1n) is 13.4. The smallest absolute Gasteiger partial charge is 0.285 e. The van der Waals surface area contributed by atoms with Gasteiger partial charge in [-0.25, -0.2) is 22.0 Å². The van der Waals surface area contributed by atoms with Crippen molar-refractivity contribution in [3.63, 3.8) is 0 Å². The number of rotatable bonds is 8. The quantitative estimate of drug-likeness (QED) is 0.193. The van der Waals surface area contributed by atoms with Gasteiger partial charge in [-0.2, -0.15) is 0 Å². The zero-order valence-corrected chi connectivity index (χ0v) is 22.2. The molecule has 0 radical (unpaired) electrons. The van der Waals surface area contributed by atoms with Crippen molar-refractivity contribution in [3.05, 3.63) is 83.2 Å². The summed E-state index contributed by atoms with van der Waals surface area (Å²) in [5.74, 6) is -10.6. The van der Waals surface area contributed by atoms with Gasteiger partial charge in [0.15, 0.2) is 23.3 Å². The van der Waals surface area contributed by atoms with Crippen LogP contribution in [-0.4, -0.2) is 12.0 Å². The Balaban J connectivity index is 1.78. The lowest BCUT2D eigenvalue weighted by atomic mass is 9.65. The van der Waals surface area contributed by atoms with E-state index >= 15 is 22.0 Å². The maximum absolute atomic E-state index is 15.5. The molecule has 0 aromatic heterocycles. The first kappa shape index (κ1) is 30.0. The van der Waals surface area contributed by atoms with E-state index in [1.165, 1.54) is 13.0 Å². The molecule has 1 fully saturated rings. The largest absolute Gasteiger partial charge is 0.523 e. The Morgan fingerprint density at radius 1 is 0.875 bits per heavy atom. The highest BCUT2D eigenvalue weighted by molar-refractivity contribution is 5.72. The molecule has 1 nitrogen and oxygen atoms in total. The Kier molecular flexibility index (Phi) is 8.93. The predicted octanol–water partition coefficient (Wildman–Crippen LogP) is 10.5. The Morgan fingerprint density at radius 3 is 2.10 bits per heavy atom. The van der Waals surface area contributed by atoms with E-state index in [1.807, 2.05) is 0 Å². The van der Waals surface area contributed by atoms with Gasteiger partial charge in [0.2, 0.25) is 0 Å². The summed E-state index contributed by atoms with van der Waals surface area (Å²) in [6.07, 6.45) is -3.12. The van der Waals surface area contributed by atoms with E-state index in [0.29, 0.717) is 36.8 Å². The van der Waals surface area contributed by atoms with E-state index in [-0.39, 0.29) is 19.3 Å². The third kappa shape index (κ3) is 5.90. The van der Waals surface area contributed by atoms with Crippen LogP contribution in [0.2, 0.25) is 0 Å². The molecule has 0 bridgehead atoms. The van der Waals surface area contributed by atoms with Gasteiger partial charge in [-0.3, -0.25) is 4.74 Å². The lowest BCUT2D eigenvalue weighted by Gasteiger charge is -2.47. The molecular weight excluding hydrogens is 540 g/mol. The van der Waals surface area contributed by atoms with Crippen molar-refractivity contribution in [2.24, 2.45) is 5.92 Å². The molecule has 0 aliphatic heterocycles. The van der Waals surface area contributed by atoms with E-state index in [0.717, 1.165) is 12.1 Å². The summed E-state index contributed by atoms with van der Waals surface area (Å²) < 4.78 is 122. The molecule has 0 N–H and O–H groups in total. The van der Waals surface area contributed by atoms with Gasteiger partial charge in [0.1, 0.15) is 5.82 Å². The highest BCUT2D eigenvalue weighted by Crippen LogP contribution is 2.51. The summed E-state index contributed by atoms with van der Waals surface area (Å²) >= 11 is 0. The maximum Gasteiger partial charge on any atom is 0.523 e. The topological polar surface area (TPSA) is 9.23 Å². The number of hydrogen-bond acceptors (Lipinski definition) is 1. The van der Waals surface area contributed by atoms with Gasteiger partial charge in [0.25, 0.3) is 0 Å². The summed E-state index contributed by atoms with van der Waals surface area (Å²) in [4.78, 5) is 0. The van der Waals surface area contributed by atoms with Crippen LogP contribution in [0.15, 0.2) is 48.5 Å². The van der Waals surface area contributed by atoms with Crippen molar-refractivity contribution in [2.45, 2.75) is 76.7 Å². The first-order valence-corrected chi connectivity index (χ1v) is 13.4. The molecule has 3 unspecified atom stereocenters. The molecule has 1 saturated carbocycles. The van der Waals surface area contributed by atoms with Crippen LogP contribution in [0.1, 0.15) is 70.3 Å². The van der Waals surface area contributed by atoms with Crippen molar-refractivity contribution >= 4 is 0 Å². The van der Waals surface area contributed by atoms with Gasteiger partial charge in [-0.15, -0.1) is 13.2 Å². The SMILES string of the molecule is CCCCC1(OC(F)(F)F)CCCCC1C(C)c1c(F)c(F)c(-c2ccc(-c3ccccc3)cc2F)c(F)c1F. The third-order valence-electron chi connectivity index (χ3n) is 8.02. The monoisotopic (exact) mass is 570 g/mol. The first-order chi connectivity index (χ1) is 18.9. The van der Waals surface area contributed by atoms with Crippen LogP contribution in [0.3, 0.4) is 0 Å². The van der Waals surface area contributed by atoms with Gasteiger partial charge in [0.05, 0.1) is 11.2 Å². The van der Waals surface area contributed by atoms with Gasteiger partial charge in [-0.05, 0) is 48.3 Å². The number of benzene rings is 3. The molecule has 3 atom stereocenters. The summed E-state index contributed by atoms with van der Waals surface area (Å²) in [5.41, 5.74) is -3.68. The predicted molar refractivity (Wildman–Crippen MR) is 137 cm³/mol. The normalized spacial score (nSPS) is 20.5. The molecule has 40 heavy (non-hydrogen) atoms. The van der Waals surface area contributed by atoms with Gasteiger partial charge in [0, 0.05) is 11.1 Å². The number of unbranched alkanes of at least 4 members (excludes halogenated alkanes) is 1. The van der Waals surface area contributed by atoms with E-state index in [1.54, 1.807) is 37.3 Å². The van der Waals surface area contributed by atoms with E-state index in [4.69, 9.17) is 0 Å². The van der Waals surface area contributed by atoms with Crippen LogP contribution in [-0.2, 0) is 4.74 Å². The molecule has 1 aliphatic carbocycles. The Bertz CT molecular complexity index is 1310. The van der Waals surface area contributed by atoms with Crippen molar-refractivity contribution in [2.75, 3.05) is 0 Å². The molecule has 216 valence electrons. The number of hydrogen-bond donors (Lipinski definition) is 0. The average molecular weight is 571 g/mol. The van der Waals surface area contributed by atoms with Gasteiger partial charge < -0.3 is 0 Å². The molecule has 0 spiro atoms. The van der Waals surface area contributed by atoms with Gasteiger partial charge >= 0.3 is 6.36 Å². The van der Waals surface area contributed by atoms with Crippen molar-refractivity contribution in [3.8, 4) is 22.3 Å². The lowest BCUT2D eigenvalue weighted by Crippen LogP contribution is -2.49. The van der Waals surface area contributed by atoms with Crippen molar-refractivity contribution < 1.29 is 39.9 Å². The fraction of sp³-hybridized carbons (Fsp3) is 0.419. The second-order valence-corrected chi connectivity index (χ2v) is 10.5. The molecule has 9 heteroatoms. The molecule has 0 heterocycles. The van der Waals surface area contributed by atoms with Crippen molar-refractivity contribution in [1.82, 2.24) is 0 Å². The Labute approximate surface area is 228 Å². The molecule has 4 rings (SSSR count). The number of alkyl halides is 3. The minimum atomic E-state index is -5.01. The molecule has 3 aromatic rings. The molecular formula is C31H30F8O. The highest BCUT2D eigenvalue weighted by Gasteiger charge is 2.51. The van der Waals surface area contributed by atoms with E-state index < -0.39 is 69.6 Å². The van der Waals surface area contributed by atoms with Crippen molar-refractivity contribution in [1.29, 1.82) is 0 Å². The second kappa shape index (κ2) is 11.9. The zero-order chi connectivity index (χ0) is 29.2. The van der Waals surface area contributed by atoms with Crippen LogP contribution >= 0.6 is 0 Å². The van der Waals surface area contributed by atoms with Crippen LogP contribution in [0.4, 0.5) is 35.1 Å². The third-order valence-corrected chi connectivity index (χ3v) is 8.02.